The minimum atomic E-state index is -3.67. The standard InChI is InChI=1S/C9H19.BF3.K/c1-4-6-7-8-9(3)5-2;2-1(3)4;/h9H,3-8H2,1-2H3;;. The van der Waals surface area contributed by atoms with Crippen molar-refractivity contribution in [3.63, 3.8) is 0 Å². The Morgan fingerprint density at radius 3 is 1.93 bits per heavy atom. The summed E-state index contributed by atoms with van der Waals surface area (Å²) in [7, 11) is -3.67. The van der Waals surface area contributed by atoms with Crippen LogP contribution < -0.4 is 0 Å². The first kappa shape index (κ1) is 17.9. The van der Waals surface area contributed by atoms with Crippen molar-refractivity contribution in [1.29, 1.82) is 0 Å². The molecule has 0 saturated carbocycles. The van der Waals surface area contributed by atoms with Gasteiger partial charge in [0.25, 0.3) is 0 Å². The van der Waals surface area contributed by atoms with Crippen molar-refractivity contribution in [1.82, 2.24) is 0 Å². The van der Waals surface area contributed by atoms with Crippen LogP contribution in [0.25, 0.3) is 0 Å². The van der Waals surface area contributed by atoms with Crippen LogP contribution >= 0.6 is 0 Å². The molecular weight excluding hydrogens is 215 g/mol. The Hall–Kier alpha value is 1.49. The molecule has 0 aliphatic rings. The molecule has 0 aromatic rings. The molecule has 1 unspecified atom stereocenters. The summed E-state index contributed by atoms with van der Waals surface area (Å²) in [5.41, 5.74) is 0. The molecule has 0 N–H and O–H groups in total. The Morgan fingerprint density at radius 2 is 1.64 bits per heavy atom. The Bertz CT molecular complexity index is 97.3. The van der Waals surface area contributed by atoms with Crippen LogP contribution in [-0.4, -0.2) is 56.5 Å². The minimum Gasteiger partial charge on any atom is -0.254 e. The molecule has 0 aliphatic carbocycles. The summed E-state index contributed by atoms with van der Waals surface area (Å²) >= 11 is 1.08. The van der Waals surface area contributed by atoms with E-state index in [1.165, 1.54) is 32.1 Å². The summed E-state index contributed by atoms with van der Waals surface area (Å²) in [4.78, 5) is 0. The third-order valence-corrected chi connectivity index (χ3v) is 4.17. The van der Waals surface area contributed by atoms with Gasteiger partial charge in [0.1, 0.15) is 0 Å². The molecule has 0 aromatic carbocycles. The molecule has 0 heterocycles. The van der Waals surface area contributed by atoms with Gasteiger partial charge in [0, 0.05) is 0 Å². The van der Waals surface area contributed by atoms with Crippen molar-refractivity contribution in [3.05, 3.63) is 0 Å². The number of unbranched alkanes of at least 4 members (excludes halogenated alkanes) is 2. The first-order chi connectivity index (χ1) is 6.58. The fourth-order valence-corrected chi connectivity index (χ4v) is 2.92. The van der Waals surface area contributed by atoms with Crippen LogP contribution in [0.5, 0.6) is 0 Å². The number of rotatable bonds is 6. The Morgan fingerprint density at radius 1 is 1.14 bits per heavy atom. The molecule has 0 spiro atoms. The minimum absolute atomic E-state index is 1.08. The zero-order valence-electron chi connectivity index (χ0n) is 9.53. The first-order valence-electron chi connectivity index (χ1n) is 5.50. The van der Waals surface area contributed by atoms with Crippen LogP contribution in [0.3, 0.4) is 0 Å². The van der Waals surface area contributed by atoms with E-state index in [1.807, 2.05) is 0 Å². The maximum Gasteiger partial charge on any atom is 0.762 e. The van der Waals surface area contributed by atoms with E-state index in [4.69, 9.17) is 0 Å². The molecule has 0 fully saturated rings. The van der Waals surface area contributed by atoms with Crippen LogP contribution in [0.2, 0.25) is 0.515 Å². The number of hydrogen-bond acceptors (Lipinski definition) is 0. The van der Waals surface area contributed by atoms with Gasteiger partial charge in [-0.25, -0.2) is 0 Å². The molecule has 0 aliphatic heterocycles. The van der Waals surface area contributed by atoms with Crippen molar-refractivity contribution in [2.24, 2.45) is 5.92 Å². The first-order valence-corrected chi connectivity index (χ1v) is 7.71. The van der Waals surface area contributed by atoms with Crippen LogP contribution in [-0.2, 0) is 0 Å². The largest absolute Gasteiger partial charge is 0.762 e. The van der Waals surface area contributed by atoms with Crippen molar-refractivity contribution in [2.75, 3.05) is 0 Å². The average molecular weight is 234 g/mol. The van der Waals surface area contributed by atoms with Gasteiger partial charge < -0.3 is 0 Å². The second-order valence-corrected chi connectivity index (χ2v) is 4.70. The van der Waals surface area contributed by atoms with Crippen LogP contribution in [0.4, 0.5) is 12.9 Å². The normalized spacial score (nSPS) is 11.6. The predicted molar refractivity (Wildman–Crippen MR) is 57.6 cm³/mol. The summed E-state index contributed by atoms with van der Waals surface area (Å²) in [6.45, 7) is 4.62. The SMILES string of the molecule is CCCCCC(CC)[CH2][K].FB(F)F. The Balaban J connectivity index is 0. The van der Waals surface area contributed by atoms with Crippen LogP contribution in [0.1, 0.15) is 46.0 Å². The van der Waals surface area contributed by atoms with E-state index in [9.17, 15) is 12.9 Å². The zero-order chi connectivity index (χ0) is 11.4. The van der Waals surface area contributed by atoms with Crippen molar-refractivity contribution >= 4 is 56.5 Å². The Labute approximate surface area is 120 Å². The topological polar surface area (TPSA) is 0 Å². The van der Waals surface area contributed by atoms with E-state index in [-0.39, 0.29) is 0 Å². The molecule has 1 atom stereocenters. The van der Waals surface area contributed by atoms with Gasteiger partial charge in [0.2, 0.25) is 0 Å². The van der Waals surface area contributed by atoms with Gasteiger partial charge in [-0.1, -0.05) is 0 Å². The van der Waals surface area contributed by atoms with Crippen molar-refractivity contribution in [2.45, 2.75) is 46.5 Å². The summed E-state index contributed by atoms with van der Waals surface area (Å²) in [6.07, 6.45) is 7.23. The summed E-state index contributed by atoms with van der Waals surface area (Å²) in [6, 6.07) is 0. The second kappa shape index (κ2) is 14.5. The molecule has 0 saturated heterocycles. The second-order valence-electron chi connectivity index (χ2n) is 3.43. The van der Waals surface area contributed by atoms with E-state index in [2.05, 4.69) is 13.8 Å². The molecule has 0 amide bonds. The fourth-order valence-electron chi connectivity index (χ4n) is 1.38. The zero-order valence-corrected chi connectivity index (χ0v) is 12.7. The monoisotopic (exact) mass is 234 g/mol. The summed E-state index contributed by atoms with van der Waals surface area (Å²) < 4.78 is 30.6. The molecule has 80 valence electrons. The third kappa shape index (κ3) is 19.1. The van der Waals surface area contributed by atoms with Gasteiger partial charge in [-0.15, -0.1) is 0 Å². The van der Waals surface area contributed by atoms with Gasteiger partial charge in [-0.05, 0) is 0 Å². The van der Waals surface area contributed by atoms with Crippen molar-refractivity contribution in [3.8, 4) is 0 Å². The van der Waals surface area contributed by atoms with E-state index >= 15 is 0 Å². The number of halogens is 3. The smallest absolute Gasteiger partial charge is 0.254 e. The maximum absolute atomic E-state index is 9.67. The maximum atomic E-state index is 9.67. The summed E-state index contributed by atoms with van der Waals surface area (Å²) in [5.74, 6) is 1.09. The molecule has 0 bridgehead atoms. The third-order valence-electron chi connectivity index (χ3n) is 2.37. The summed E-state index contributed by atoms with van der Waals surface area (Å²) in [5, 5.41) is 0. The van der Waals surface area contributed by atoms with E-state index < -0.39 is 7.54 Å². The molecule has 5 heteroatoms. The van der Waals surface area contributed by atoms with E-state index in [0.717, 1.165) is 54.9 Å². The van der Waals surface area contributed by atoms with Crippen molar-refractivity contribution < 1.29 is 12.9 Å². The predicted octanol–water partition coefficient (Wildman–Crippen LogP) is 4.06. The van der Waals surface area contributed by atoms with Gasteiger partial charge in [0.15, 0.2) is 0 Å². The molecular formula is C9H19BF3K. The van der Waals surface area contributed by atoms with Gasteiger partial charge >= 0.3 is 109 Å². The molecule has 0 radical (unpaired) electrons. The van der Waals surface area contributed by atoms with E-state index in [1.54, 1.807) is 0.515 Å². The van der Waals surface area contributed by atoms with Crippen LogP contribution in [0.15, 0.2) is 0 Å². The Kier molecular flexibility index (Phi) is 18.5. The molecule has 0 rings (SSSR count). The van der Waals surface area contributed by atoms with Crippen LogP contribution in [0, 0.1) is 5.92 Å². The average Bonchev–Trinajstić information content (AvgIpc) is 2.12. The van der Waals surface area contributed by atoms with Gasteiger partial charge in [-0.2, -0.15) is 0 Å². The quantitative estimate of drug-likeness (QED) is 0.480. The van der Waals surface area contributed by atoms with E-state index in [0.29, 0.717) is 0 Å². The molecule has 0 nitrogen and oxygen atoms in total. The van der Waals surface area contributed by atoms with Gasteiger partial charge in [0.05, 0.1) is 0 Å². The molecule has 0 aromatic heterocycles. The van der Waals surface area contributed by atoms with Gasteiger partial charge in [-0.3, -0.25) is 12.9 Å². The number of hydrogen-bond donors (Lipinski definition) is 0. The fraction of sp³-hybridized carbons (Fsp3) is 1.00. The molecule has 14 heavy (non-hydrogen) atoms.